The first kappa shape index (κ1) is 12.9. The third-order valence-electron chi connectivity index (χ3n) is 1.93. The molecule has 0 heterocycles. The molecular weight excluding hydrogens is 200 g/mol. The Hall–Kier alpha value is -1.06. The highest BCUT2D eigenvalue weighted by Crippen LogP contribution is 2.10. The Labute approximate surface area is 90.1 Å². The molecule has 1 amide bonds. The molecule has 0 radical (unpaired) electrons. The monoisotopic (exact) mass is 214 g/mol. The zero-order chi connectivity index (χ0) is 9.84. The van der Waals surface area contributed by atoms with Crippen LogP contribution in [0.25, 0.3) is 0 Å². The highest BCUT2D eigenvalue weighted by atomic mass is 35.5. The van der Waals surface area contributed by atoms with Crippen LogP contribution in [0.2, 0.25) is 0 Å². The lowest BCUT2D eigenvalue weighted by Gasteiger charge is -2.05. The van der Waals surface area contributed by atoms with E-state index < -0.39 is 0 Å². The van der Waals surface area contributed by atoms with Gasteiger partial charge in [-0.05, 0) is 24.6 Å². The van der Waals surface area contributed by atoms with Crippen LogP contribution in [0.4, 0.5) is 0 Å². The molecule has 0 spiro atoms. The Balaban J connectivity index is 0.00000169. The standard InChI is InChI=1S/C10H14N2O.ClH/c1-7(11)8-3-5-9(6-4-8)10(13)12-2;/h3-7H,11H2,1-2H3,(H,12,13);1H/t7-;/m1./s1. The van der Waals surface area contributed by atoms with Crippen molar-refractivity contribution in [2.24, 2.45) is 5.73 Å². The largest absolute Gasteiger partial charge is 0.355 e. The normalized spacial score (nSPS) is 11.4. The fourth-order valence-electron chi connectivity index (χ4n) is 1.08. The highest BCUT2D eigenvalue weighted by molar-refractivity contribution is 5.93. The zero-order valence-corrected chi connectivity index (χ0v) is 9.10. The van der Waals surface area contributed by atoms with Crippen molar-refractivity contribution in [2.75, 3.05) is 7.05 Å². The van der Waals surface area contributed by atoms with Crippen molar-refractivity contribution in [1.82, 2.24) is 5.32 Å². The molecule has 1 aromatic carbocycles. The maximum absolute atomic E-state index is 11.2. The highest BCUT2D eigenvalue weighted by Gasteiger charge is 2.03. The van der Waals surface area contributed by atoms with Crippen molar-refractivity contribution in [3.8, 4) is 0 Å². The molecule has 0 bridgehead atoms. The molecule has 78 valence electrons. The number of nitrogens with two attached hydrogens (primary N) is 1. The van der Waals surface area contributed by atoms with Gasteiger partial charge in [0.05, 0.1) is 0 Å². The number of benzene rings is 1. The summed E-state index contributed by atoms with van der Waals surface area (Å²) in [6, 6.07) is 7.30. The number of amides is 1. The van der Waals surface area contributed by atoms with Crippen LogP contribution in [-0.2, 0) is 0 Å². The van der Waals surface area contributed by atoms with Crippen molar-refractivity contribution >= 4 is 18.3 Å². The number of carbonyl (C=O) groups is 1. The fraction of sp³-hybridized carbons (Fsp3) is 0.300. The van der Waals surface area contributed by atoms with E-state index in [1.54, 1.807) is 19.2 Å². The van der Waals surface area contributed by atoms with E-state index in [0.717, 1.165) is 5.56 Å². The third kappa shape index (κ3) is 3.01. The molecule has 0 aliphatic carbocycles. The van der Waals surface area contributed by atoms with E-state index in [-0.39, 0.29) is 24.4 Å². The van der Waals surface area contributed by atoms with Crippen LogP contribution < -0.4 is 11.1 Å². The van der Waals surface area contributed by atoms with Crippen LogP contribution in [0.1, 0.15) is 28.9 Å². The van der Waals surface area contributed by atoms with E-state index in [0.29, 0.717) is 5.56 Å². The van der Waals surface area contributed by atoms with Gasteiger partial charge in [0.1, 0.15) is 0 Å². The van der Waals surface area contributed by atoms with Gasteiger partial charge in [-0.3, -0.25) is 4.79 Å². The van der Waals surface area contributed by atoms with Gasteiger partial charge in [0.2, 0.25) is 0 Å². The second kappa shape index (κ2) is 5.62. The average molecular weight is 215 g/mol. The van der Waals surface area contributed by atoms with E-state index in [1.165, 1.54) is 0 Å². The predicted molar refractivity (Wildman–Crippen MR) is 59.7 cm³/mol. The number of nitrogens with one attached hydrogen (secondary N) is 1. The third-order valence-corrected chi connectivity index (χ3v) is 1.93. The van der Waals surface area contributed by atoms with Crippen LogP contribution >= 0.6 is 12.4 Å². The molecule has 1 aromatic rings. The van der Waals surface area contributed by atoms with Crippen LogP contribution in [0.5, 0.6) is 0 Å². The topological polar surface area (TPSA) is 55.1 Å². The molecule has 14 heavy (non-hydrogen) atoms. The number of hydrogen-bond donors (Lipinski definition) is 2. The van der Waals surface area contributed by atoms with Crippen LogP contribution in [0, 0.1) is 0 Å². The van der Waals surface area contributed by atoms with Crippen molar-refractivity contribution in [2.45, 2.75) is 13.0 Å². The molecule has 0 saturated carbocycles. The van der Waals surface area contributed by atoms with E-state index in [9.17, 15) is 4.79 Å². The first-order valence-electron chi connectivity index (χ1n) is 4.22. The van der Waals surface area contributed by atoms with E-state index in [1.807, 2.05) is 19.1 Å². The molecule has 0 saturated heterocycles. The minimum absolute atomic E-state index is 0. The molecule has 0 fully saturated rings. The lowest BCUT2D eigenvalue weighted by atomic mass is 10.1. The second-order valence-corrected chi connectivity index (χ2v) is 2.99. The summed E-state index contributed by atoms with van der Waals surface area (Å²) in [6.07, 6.45) is 0. The van der Waals surface area contributed by atoms with Gasteiger partial charge < -0.3 is 11.1 Å². The summed E-state index contributed by atoms with van der Waals surface area (Å²) in [5.41, 5.74) is 7.37. The second-order valence-electron chi connectivity index (χ2n) is 2.99. The first-order chi connectivity index (χ1) is 6.15. The number of halogens is 1. The molecule has 3 nitrogen and oxygen atoms in total. The van der Waals surface area contributed by atoms with Gasteiger partial charge in [-0.2, -0.15) is 0 Å². The summed E-state index contributed by atoms with van der Waals surface area (Å²) < 4.78 is 0. The number of carbonyl (C=O) groups excluding carboxylic acids is 1. The average Bonchev–Trinajstić information content (AvgIpc) is 2.17. The van der Waals surface area contributed by atoms with Crippen molar-refractivity contribution in [3.05, 3.63) is 35.4 Å². The van der Waals surface area contributed by atoms with Gasteiger partial charge >= 0.3 is 0 Å². The molecule has 0 aliphatic rings. The Morgan fingerprint density at radius 3 is 2.21 bits per heavy atom. The molecule has 0 aliphatic heterocycles. The van der Waals surface area contributed by atoms with Gasteiger partial charge in [0, 0.05) is 18.7 Å². The Bertz CT molecular complexity index is 295. The van der Waals surface area contributed by atoms with E-state index in [2.05, 4.69) is 5.32 Å². The lowest BCUT2D eigenvalue weighted by molar-refractivity contribution is 0.0963. The van der Waals surface area contributed by atoms with Crippen molar-refractivity contribution in [1.29, 1.82) is 0 Å². The summed E-state index contributed by atoms with van der Waals surface area (Å²) in [6.45, 7) is 1.91. The summed E-state index contributed by atoms with van der Waals surface area (Å²) in [4.78, 5) is 11.2. The predicted octanol–water partition coefficient (Wildman–Crippen LogP) is 1.49. The Morgan fingerprint density at radius 2 is 1.86 bits per heavy atom. The van der Waals surface area contributed by atoms with Crippen LogP contribution in [-0.4, -0.2) is 13.0 Å². The van der Waals surface area contributed by atoms with Gasteiger partial charge in [-0.1, -0.05) is 12.1 Å². The summed E-state index contributed by atoms with van der Waals surface area (Å²) >= 11 is 0. The molecule has 4 heteroatoms. The smallest absolute Gasteiger partial charge is 0.251 e. The quantitative estimate of drug-likeness (QED) is 0.784. The van der Waals surface area contributed by atoms with Gasteiger partial charge in [-0.15, -0.1) is 12.4 Å². The first-order valence-corrected chi connectivity index (χ1v) is 4.22. The molecule has 0 aromatic heterocycles. The van der Waals surface area contributed by atoms with E-state index >= 15 is 0 Å². The van der Waals surface area contributed by atoms with Gasteiger partial charge in [-0.25, -0.2) is 0 Å². The molecular formula is C10H15ClN2O. The number of rotatable bonds is 2. The van der Waals surface area contributed by atoms with Crippen molar-refractivity contribution < 1.29 is 4.79 Å². The Morgan fingerprint density at radius 1 is 1.36 bits per heavy atom. The number of hydrogen-bond acceptors (Lipinski definition) is 2. The van der Waals surface area contributed by atoms with E-state index in [4.69, 9.17) is 5.73 Å². The van der Waals surface area contributed by atoms with Gasteiger partial charge in [0.15, 0.2) is 0 Å². The minimum Gasteiger partial charge on any atom is -0.355 e. The summed E-state index contributed by atoms with van der Waals surface area (Å²) in [5.74, 6) is -0.0729. The maximum atomic E-state index is 11.2. The fourth-order valence-corrected chi connectivity index (χ4v) is 1.08. The SMILES string of the molecule is CNC(=O)c1ccc([C@@H](C)N)cc1.Cl. The summed E-state index contributed by atoms with van der Waals surface area (Å²) in [5, 5.41) is 2.56. The Kier molecular flexibility index (Phi) is 5.20. The van der Waals surface area contributed by atoms with Crippen molar-refractivity contribution in [3.63, 3.8) is 0 Å². The maximum Gasteiger partial charge on any atom is 0.251 e. The zero-order valence-electron chi connectivity index (χ0n) is 8.28. The molecule has 1 atom stereocenters. The van der Waals surface area contributed by atoms with Crippen LogP contribution in [0.15, 0.2) is 24.3 Å². The lowest BCUT2D eigenvalue weighted by Crippen LogP contribution is -2.17. The summed E-state index contributed by atoms with van der Waals surface area (Å²) in [7, 11) is 1.61. The molecule has 0 unspecified atom stereocenters. The minimum atomic E-state index is -0.0729. The van der Waals surface area contributed by atoms with Gasteiger partial charge in [0.25, 0.3) is 5.91 Å². The molecule has 1 rings (SSSR count). The van der Waals surface area contributed by atoms with Crippen LogP contribution in [0.3, 0.4) is 0 Å². The molecule has 3 N–H and O–H groups in total.